The highest BCUT2D eigenvalue weighted by molar-refractivity contribution is 7.92. The van der Waals surface area contributed by atoms with Crippen LogP contribution in [0, 0.1) is 0 Å². The number of rotatable bonds is 8. The van der Waals surface area contributed by atoms with E-state index in [9.17, 15) is 13.2 Å². The van der Waals surface area contributed by atoms with Crippen LogP contribution in [0.1, 0.15) is 12.8 Å². The molecule has 0 spiro atoms. The van der Waals surface area contributed by atoms with Crippen LogP contribution in [-0.2, 0) is 14.8 Å². The largest absolute Gasteiger partial charge is 0.372 e. The second-order valence-corrected chi connectivity index (χ2v) is 8.54. The Bertz CT molecular complexity index is 668. The molecule has 7 nitrogen and oxygen atoms in total. The summed E-state index contributed by atoms with van der Waals surface area (Å²) in [5, 5.41) is 2.75. The molecule has 0 aliphatic carbocycles. The third-order valence-corrected chi connectivity index (χ3v) is 5.32. The SMILES string of the molecule is CN(C)CCNC(=O)CN(c1ccc(N2CCCC2)cc1)S(C)(=O)=O. The average Bonchev–Trinajstić information content (AvgIpc) is 3.06. The van der Waals surface area contributed by atoms with Crippen LogP contribution < -0.4 is 14.5 Å². The fraction of sp³-hybridized carbons (Fsp3) is 0.588. The van der Waals surface area contributed by atoms with Crippen molar-refractivity contribution in [1.29, 1.82) is 0 Å². The van der Waals surface area contributed by atoms with Crippen LogP contribution in [-0.4, -0.2) is 72.3 Å². The molecular formula is C17H28N4O3S. The molecule has 1 heterocycles. The van der Waals surface area contributed by atoms with Crippen molar-refractivity contribution < 1.29 is 13.2 Å². The number of sulfonamides is 1. The molecule has 0 saturated carbocycles. The first-order valence-corrected chi connectivity index (χ1v) is 10.4. The first kappa shape index (κ1) is 19.5. The Morgan fingerprint density at radius 1 is 1.16 bits per heavy atom. The van der Waals surface area contributed by atoms with E-state index >= 15 is 0 Å². The summed E-state index contributed by atoms with van der Waals surface area (Å²) in [5.74, 6) is -0.309. The van der Waals surface area contributed by atoms with Gasteiger partial charge in [0.05, 0.1) is 11.9 Å². The Balaban J connectivity index is 2.05. The van der Waals surface area contributed by atoms with E-state index in [-0.39, 0.29) is 12.5 Å². The van der Waals surface area contributed by atoms with Gasteiger partial charge >= 0.3 is 0 Å². The van der Waals surface area contributed by atoms with Crippen LogP contribution in [0.5, 0.6) is 0 Å². The highest BCUT2D eigenvalue weighted by Crippen LogP contribution is 2.24. The van der Waals surface area contributed by atoms with Crippen molar-refractivity contribution in [3.8, 4) is 0 Å². The first-order valence-electron chi connectivity index (χ1n) is 8.51. The minimum atomic E-state index is -3.54. The summed E-state index contributed by atoms with van der Waals surface area (Å²) >= 11 is 0. The quantitative estimate of drug-likeness (QED) is 0.732. The van der Waals surface area contributed by atoms with Gasteiger partial charge < -0.3 is 15.1 Å². The molecule has 1 aliphatic rings. The third-order valence-electron chi connectivity index (χ3n) is 4.18. The number of nitrogens with one attached hydrogen (secondary N) is 1. The molecule has 8 heteroatoms. The smallest absolute Gasteiger partial charge is 0.240 e. The standard InChI is InChI=1S/C17H28N4O3S/c1-19(2)13-10-18-17(22)14-21(25(3,23)24)16-8-6-15(7-9-16)20-11-4-5-12-20/h6-9H,4-5,10-14H2,1-3H3,(H,18,22). The normalized spacial score (nSPS) is 14.8. The van der Waals surface area contributed by atoms with E-state index < -0.39 is 10.0 Å². The van der Waals surface area contributed by atoms with Crippen molar-refractivity contribution in [2.75, 3.05) is 62.3 Å². The van der Waals surface area contributed by atoms with Gasteiger partial charge in [0.1, 0.15) is 6.54 Å². The van der Waals surface area contributed by atoms with Crippen molar-refractivity contribution >= 4 is 27.3 Å². The Morgan fingerprint density at radius 2 is 1.76 bits per heavy atom. The molecule has 0 radical (unpaired) electrons. The number of carbonyl (C=O) groups is 1. The van der Waals surface area contributed by atoms with Gasteiger partial charge in [-0.2, -0.15) is 0 Å². The van der Waals surface area contributed by atoms with E-state index in [1.165, 1.54) is 12.8 Å². The molecule has 0 bridgehead atoms. The lowest BCUT2D eigenvalue weighted by Crippen LogP contribution is -2.42. The molecule has 0 atom stereocenters. The van der Waals surface area contributed by atoms with E-state index in [1.54, 1.807) is 12.1 Å². The Morgan fingerprint density at radius 3 is 2.28 bits per heavy atom. The van der Waals surface area contributed by atoms with Gasteiger partial charge in [0.15, 0.2) is 0 Å². The van der Waals surface area contributed by atoms with Crippen molar-refractivity contribution in [3.05, 3.63) is 24.3 Å². The molecule has 1 fully saturated rings. The number of hydrogen-bond donors (Lipinski definition) is 1. The lowest BCUT2D eigenvalue weighted by atomic mass is 10.2. The van der Waals surface area contributed by atoms with Crippen molar-refractivity contribution in [1.82, 2.24) is 10.2 Å². The summed E-state index contributed by atoms with van der Waals surface area (Å²) in [6.07, 6.45) is 3.49. The Labute approximate surface area is 150 Å². The lowest BCUT2D eigenvalue weighted by Gasteiger charge is -2.23. The minimum Gasteiger partial charge on any atom is -0.372 e. The third kappa shape index (κ3) is 5.89. The average molecular weight is 369 g/mol. The van der Waals surface area contributed by atoms with Crippen molar-refractivity contribution in [2.24, 2.45) is 0 Å². The summed E-state index contributed by atoms with van der Waals surface area (Å²) in [4.78, 5) is 16.3. The number of amides is 1. The van der Waals surface area contributed by atoms with Gasteiger partial charge in [-0.25, -0.2) is 8.42 Å². The summed E-state index contributed by atoms with van der Waals surface area (Å²) in [7, 11) is 0.289. The minimum absolute atomic E-state index is 0.213. The van der Waals surface area contributed by atoms with Crippen LogP contribution in [0.4, 0.5) is 11.4 Å². The zero-order valence-corrected chi connectivity index (χ0v) is 16.1. The molecule has 1 aromatic rings. The zero-order chi connectivity index (χ0) is 18.4. The topological polar surface area (TPSA) is 73.0 Å². The molecular weight excluding hydrogens is 340 g/mol. The van der Waals surface area contributed by atoms with Gasteiger partial charge in [0.25, 0.3) is 0 Å². The van der Waals surface area contributed by atoms with Gasteiger partial charge in [-0.3, -0.25) is 9.10 Å². The van der Waals surface area contributed by atoms with E-state index in [1.807, 2.05) is 31.1 Å². The molecule has 140 valence electrons. The molecule has 1 saturated heterocycles. The van der Waals surface area contributed by atoms with E-state index in [2.05, 4.69) is 10.2 Å². The number of benzene rings is 1. The maximum atomic E-state index is 12.1. The van der Waals surface area contributed by atoms with Crippen LogP contribution in [0.25, 0.3) is 0 Å². The Hall–Kier alpha value is -1.80. The van der Waals surface area contributed by atoms with Gasteiger partial charge in [0, 0.05) is 31.9 Å². The molecule has 0 unspecified atom stereocenters. The maximum Gasteiger partial charge on any atom is 0.240 e. The maximum absolute atomic E-state index is 12.1. The molecule has 1 N–H and O–H groups in total. The molecule has 1 amide bonds. The molecule has 1 aromatic carbocycles. The fourth-order valence-corrected chi connectivity index (χ4v) is 3.67. The van der Waals surface area contributed by atoms with E-state index in [0.29, 0.717) is 18.8 Å². The number of anilines is 2. The van der Waals surface area contributed by atoms with Gasteiger partial charge in [-0.05, 0) is 51.2 Å². The predicted octanol–water partition coefficient (Wildman–Crippen LogP) is 0.731. The highest BCUT2D eigenvalue weighted by Gasteiger charge is 2.21. The van der Waals surface area contributed by atoms with E-state index in [0.717, 1.165) is 29.3 Å². The summed E-state index contributed by atoms with van der Waals surface area (Å²) in [5.41, 5.74) is 1.60. The fourth-order valence-electron chi connectivity index (χ4n) is 2.81. The lowest BCUT2D eigenvalue weighted by molar-refractivity contribution is -0.119. The van der Waals surface area contributed by atoms with Crippen molar-refractivity contribution in [2.45, 2.75) is 12.8 Å². The highest BCUT2D eigenvalue weighted by atomic mass is 32.2. The summed E-state index contributed by atoms with van der Waals surface area (Å²) < 4.78 is 25.4. The first-order chi connectivity index (χ1) is 11.8. The van der Waals surface area contributed by atoms with Gasteiger partial charge in [-0.15, -0.1) is 0 Å². The van der Waals surface area contributed by atoms with Gasteiger partial charge in [0.2, 0.25) is 15.9 Å². The summed E-state index contributed by atoms with van der Waals surface area (Å²) in [6.45, 7) is 3.04. The van der Waals surface area contributed by atoms with E-state index in [4.69, 9.17) is 0 Å². The number of nitrogens with zero attached hydrogens (tertiary/aromatic N) is 3. The van der Waals surface area contributed by atoms with Crippen LogP contribution >= 0.6 is 0 Å². The number of hydrogen-bond acceptors (Lipinski definition) is 5. The summed E-state index contributed by atoms with van der Waals surface area (Å²) in [6, 6.07) is 7.37. The number of carbonyl (C=O) groups excluding carboxylic acids is 1. The predicted molar refractivity (Wildman–Crippen MR) is 102 cm³/mol. The van der Waals surface area contributed by atoms with Crippen LogP contribution in [0.3, 0.4) is 0 Å². The second-order valence-electron chi connectivity index (χ2n) is 6.63. The molecule has 0 aromatic heterocycles. The second kappa shape index (κ2) is 8.53. The zero-order valence-electron chi connectivity index (χ0n) is 15.2. The van der Waals surface area contributed by atoms with Crippen LogP contribution in [0.2, 0.25) is 0 Å². The van der Waals surface area contributed by atoms with Gasteiger partial charge in [-0.1, -0.05) is 0 Å². The van der Waals surface area contributed by atoms with Crippen LogP contribution in [0.15, 0.2) is 24.3 Å². The Kier molecular flexibility index (Phi) is 6.66. The molecule has 1 aliphatic heterocycles. The molecule has 25 heavy (non-hydrogen) atoms. The monoisotopic (exact) mass is 368 g/mol. The molecule has 2 rings (SSSR count). The number of likely N-dealkylation sites (N-methyl/N-ethyl adjacent to an activating group) is 1. The van der Waals surface area contributed by atoms with Crippen molar-refractivity contribution in [3.63, 3.8) is 0 Å².